The van der Waals surface area contributed by atoms with Gasteiger partial charge in [-0.15, -0.1) is 0 Å². The third kappa shape index (κ3) is 4.03. The number of non-ortho nitro benzene ring substituents is 1. The molecule has 4 aromatic rings. The molecule has 2 aromatic heterocycles. The highest BCUT2D eigenvalue weighted by Gasteiger charge is 2.22. The van der Waals surface area contributed by atoms with Gasteiger partial charge in [0.25, 0.3) is 5.69 Å². The van der Waals surface area contributed by atoms with Crippen molar-refractivity contribution in [3.8, 4) is 28.6 Å². The van der Waals surface area contributed by atoms with E-state index >= 15 is 0 Å². The summed E-state index contributed by atoms with van der Waals surface area (Å²) in [4.78, 5) is 23.6. The van der Waals surface area contributed by atoms with Gasteiger partial charge in [0.05, 0.1) is 43.4 Å². The summed E-state index contributed by atoms with van der Waals surface area (Å²) in [5.74, 6) is 0.692. The van der Waals surface area contributed by atoms with Crippen LogP contribution < -0.4 is 19.5 Å². The maximum Gasteiger partial charge on any atom is 0.272 e. The van der Waals surface area contributed by atoms with Crippen LogP contribution in [0.2, 0.25) is 0 Å². The fraction of sp³-hybridized carbons (Fsp3) is 0.136. The quantitative estimate of drug-likeness (QED) is 0.319. The number of hydrogen-bond donors (Lipinski definition) is 1. The Balaban J connectivity index is 1.98. The SMILES string of the molecule is COc1cc2c(Nc3ccc([N+](=O)[O-])cc3F)nc(-c3cccnc3)nc2c(OC)c1OC. The summed E-state index contributed by atoms with van der Waals surface area (Å²) < 4.78 is 31.1. The fourth-order valence-corrected chi connectivity index (χ4v) is 3.30. The summed E-state index contributed by atoms with van der Waals surface area (Å²) in [7, 11) is 4.41. The molecule has 33 heavy (non-hydrogen) atoms. The molecule has 0 saturated carbocycles. The van der Waals surface area contributed by atoms with Crippen LogP contribution in [0.4, 0.5) is 21.6 Å². The lowest BCUT2D eigenvalue weighted by Gasteiger charge is -2.17. The van der Waals surface area contributed by atoms with Gasteiger partial charge in [-0.3, -0.25) is 15.1 Å². The zero-order chi connectivity index (χ0) is 23.5. The number of benzene rings is 2. The van der Waals surface area contributed by atoms with Crippen LogP contribution >= 0.6 is 0 Å². The molecule has 0 amide bonds. The van der Waals surface area contributed by atoms with E-state index in [9.17, 15) is 14.5 Å². The molecule has 10 nitrogen and oxygen atoms in total. The van der Waals surface area contributed by atoms with Gasteiger partial charge >= 0.3 is 0 Å². The Morgan fingerprint density at radius 3 is 2.42 bits per heavy atom. The van der Waals surface area contributed by atoms with Crippen LogP contribution in [-0.4, -0.2) is 41.2 Å². The van der Waals surface area contributed by atoms with Crippen molar-refractivity contribution in [2.45, 2.75) is 0 Å². The number of hydrogen-bond acceptors (Lipinski definition) is 9. The number of ether oxygens (including phenoxy) is 3. The number of halogens is 1. The molecule has 2 aromatic carbocycles. The normalized spacial score (nSPS) is 10.7. The molecule has 0 radical (unpaired) electrons. The molecule has 168 valence electrons. The first kappa shape index (κ1) is 21.7. The Kier molecular flexibility index (Phi) is 5.85. The molecule has 0 atom stereocenters. The van der Waals surface area contributed by atoms with Crippen LogP contribution in [0.25, 0.3) is 22.3 Å². The highest BCUT2D eigenvalue weighted by Crippen LogP contribution is 2.45. The summed E-state index contributed by atoms with van der Waals surface area (Å²) in [6, 6.07) is 8.44. The first-order valence-corrected chi connectivity index (χ1v) is 9.59. The van der Waals surface area contributed by atoms with Crippen molar-refractivity contribution in [2.75, 3.05) is 26.6 Å². The van der Waals surface area contributed by atoms with Gasteiger partial charge in [-0.05, 0) is 24.3 Å². The van der Waals surface area contributed by atoms with Crippen LogP contribution in [0.5, 0.6) is 17.2 Å². The van der Waals surface area contributed by atoms with E-state index in [1.165, 1.54) is 33.5 Å². The van der Waals surface area contributed by atoms with Crippen LogP contribution in [0, 0.1) is 15.9 Å². The standard InChI is InChI=1S/C22H18FN5O5/c1-31-17-10-14-18(20(33-3)19(17)32-2)26-21(12-5-4-8-24-11-12)27-22(14)25-16-7-6-13(28(29)30)9-15(16)23/h4-11H,1-3H3,(H,25,26,27). The lowest BCUT2D eigenvalue weighted by atomic mass is 10.1. The van der Waals surface area contributed by atoms with E-state index in [0.29, 0.717) is 39.5 Å². The van der Waals surface area contributed by atoms with Gasteiger partial charge in [0.15, 0.2) is 23.1 Å². The maximum absolute atomic E-state index is 14.6. The van der Waals surface area contributed by atoms with Gasteiger partial charge in [-0.2, -0.15) is 0 Å². The first-order chi connectivity index (χ1) is 16.0. The molecular formula is C22H18FN5O5. The molecule has 0 bridgehead atoms. The zero-order valence-electron chi connectivity index (χ0n) is 17.8. The van der Waals surface area contributed by atoms with E-state index in [4.69, 9.17) is 14.2 Å². The number of nitrogens with zero attached hydrogens (tertiary/aromatic N) is 4. The number of nitro groups is 1. The predicted molar refractivity (Wildman–Crippen MR) is 119 cm³/mol. The van der Waals surface area contributed by atoms with E-state index < -0.39 is 10.7 Å². The molecule has 11 heteroatoms. The predicted octanol–water partition coefficient (Wildman–Crippen LogP) is 4.51. The number of fused-ring (bicyclic) bond motifs is 1. The van der Waals surface area contributed by atoms with Gasteiger partial charge in [0, 0.05) is 24.0 Å². The highest BCUT2D eigenvalue weighted by molar-refractivity contribution is 5.99. The van der Waals surface area contributed by atoms with Crippen molar-refractivity contribution >= 4 is 28.1 Å². The second-order valence-corrected chi connectivity index (χ2v) is 6.73. The topological polar surface area (TPSA) is 122 Å². The number of nitro benzene ring substituents is 1. The molecule has 0 spiro atoms. The summed E-state index contributed by atoms with van der Waals surface area (Å²) in [5.41, 5.74) is 0.624. The Labute approximate surface area is 187 Å². The van der Waals surface area contributed by atoms with Crippen molar-refractivity contribution < 1.29 is 23.5 Å². The fourth-order valence-electron chi connectivity index (χ4n) is 3.30. The smallest absolute Gasteiger partial charge is 0.272 e. The molecule has 0 fully saturated rings. The van der Waals surface area contributed by atoms with E-state index in [2.05, 4.69) is 20.3 Å². The van der Waals surface area contributed by atoms with Crippen molar-refractivity contribution in [1.82, 2.24) is 15.0 Å². The lowest BCUT2D eigenvalue weighted by molar-refractivity contribution is -0.385. The molecule has 0 saturated heterocycles. The molecule has 0 aliphatic carbocycles. The Hall–Kier alpha value is -4.54. The summed E-state index contributed by atoms with van der Waals surface area (Å²) in [6.45, 7) is 0. The molecule has 4 rings (SSSR count). The summed E-state index contributed by atoms with van der Waals surface area (Å²) >= 11 is 0. The maximum atomic E-state index is 14.6. The third-order valence-corrected chi connectivity index (χ3v) is 4.83. The monoisotopic (exact) mass is 451 g/mol. The van der Waals surface area contributed by atoms with E-state index in [1.54, 1.807) is 30.6 Å². The molecule has 1 N–H and O–H groups in total. The Bertz CT molecular complexity index is 1350. The van der Waals surface area contributed by atoms with E-state index in [1.807, 2.05) is 0 Å². The van der Waals surface area contributed by atoms with Crippen LogP contribution in [0.3, 0.4) is 0 Å². The number of pyridine rings is 1. The third-order valence-electron chi connectivity index (χ3n) is 4.83. The average molecular weight is 451 g/mol. The van der Waals surface area contributed by atoms with Crippen molar-refractivity contribution in [2.24, 2.45) is 0 Å². The Morgan fingerprint density at radius 1 is 1.03 bits per heavy atom. The van der Waals surface area contributed by atoms with E-state index in [-0.39, 0.29) is 17.2 Å². The van der Waals surface area contributed by atoms with Gasteiger partial charge in [0.2, 0.25) is 5.75 Å². The van der Waals surface area contributed by atoms with Crippen molar-refractivity contribution in [3.05, 3.63) is 64.7 Å². The Morgan fingerprint density at radius 2 is 1.82 bits per heavy atom. The van der Waals surface area contributed by atoms with Gasteiger partial charge < -0.3 is 19.5 Å². The van der Waals surface area contributed by atoms with E-state index in [0.717, 1.165) is 6.07 Å². The molecule has 0 aliphatic rings. The highest BCUT2D eigenvalue weighted by atomic mass is 19.1. The molecule has 0 aliphatic heterocycles. The van der Waals surface area contributed by atoms with Crippen LogP contribution in [-0.2, 0) is 0 Å². The second kappa shape index (κ2) is 8.91. The second-order valence-electron chi connectivity index (χ2n) is 6.73. The summed E-state index contributed by atoms with van der Waals surface area (Å²) in [6.07, 6.45) is 3.20. The minimum atomic E-state index is -0.814. The average Bonchev–Trinajstić information content (AvgIpc) is 2.84. The number of aromatic nitrogens is 3. The number of anilines is 2. The van der Waals surface area contributed by atoms with Gasteiger partial charge in [-0.1, -0.05) is 0 Å². The van der Waals surface area contributed by atoms with Crippen molar-refractivity contribution in [3.63, 3.8) is 0 Å². The minimum absolute atomic E-state index is 0.00788. The minimum Gasteiger partial charge on any atom is -0.493 e. The van der Waals surface area contributed by atoms with Crippen molar-refractivity contribution in [1.29, 1.82) is 0 Å². The number of nitrogens with one attached hydrogen (secondary N) is 1. The summed E-state index contributed by atoms with van der Waals surface area (Å²) in [5, 5.41) is 14.3. The van der Waals surface area contributed by atoms with Crippen LogP contribution in [0.1, 0.15) is 0 Å². The van der Waals surface area contributed by atoms with Gasteiger partial charge in [0.1, 0.15) is 11.3 Å². The largest absolute Gasteiger partial charge is 0.493 e. The van der Waals surface area contributed by atoms with Crippen LogP contribution in [0.15, 0.2) is 48.8 Å². The zero-order valence-corrected chi connectivity index (χ0v) is 17.8. The molecule has 0 unspecified atom stereocenters. The number of methoxy groups -OCH3 is 3. The molecule has 2 heterocycles. The first-order valence-electron chi connectivity index (χ1n) is 9.59. The lowest BCUT2D eigenvalue weighted by Crippen LogP contribution is -2.04. The molecular weight excluding hydrogens is 433 g/mol. The number of rotatable bonds is 7. The van der Waals surface area contributed by atoms with Gasteiger partial charge in [-0.25, -0.2) is 14.4 Å².